The standard InChI is InChI=1S/C25H26N4O5/c26-25-28-21-17(22(29-25)31-12-14-7-3-1-4-8-14)11-16-19(30)20-18(33-23(16)27-21)13-32-24(34-20)15-9-5-2-6-10-15/h1-10,16,18-20,23-24,30H,11-13H2,(H3,26,27,28,29)/t16-,18+,19-,20-,23+,24?/m0/s1. The Kier molecular flexibility index (Phi) is 5.54. The second-order valence-corrected chi connectivity index (χ2v) is 8.76. The number of anilines is 2. The molecule has 0 saturated carbocycles. The van der Waals surface area contributed by atoms with Gasteiger partial charge in [0.25, 0.3) is 0 Å². The van der Waals surface area contributed by atoms with E-state index in [9.17, 15) is 5.11 Å². The minimum Gasteiger partial charge on any atom is -0.472 e. The molecule has 2 fully saturated rings. The Labute approximate surface area is 196 Å². The Morgan fingerprint density at radius 3 is 2.59 bits per heavy atom. The van der Waals surface area contributed by atoms with Crippen molar-refractivity contribution in [2.45, 2.75) is 43.9 Å². The third-order valence-corrected chi connectivity index (χ3v) is 6.54. The molecule has 2 saturated heterocycles. The number of aliphatic hydroxyl groups excluding tert-OH is 1. The van der Waals surface area contributed by atoms with Crippen LogP contribution in [0, 0.1) is 5.92 Å². The third kappa shape index (κ3) is 3.97. The first kappa shape index (κ1) is 21.3. The van der Waals surface area contributed by atoms with Crippen molar-refractivity contribution in [3.05, 3.63) is 77.4 Å². The lowest BCUT2D eigenvalue weighted by atomic mass is 9.83. The van der Waals surface area contributed by atoms with E-state index in [0.29, 0.717) is 31.3 Å². The SMILES string of the molecule is Nc1nc2c(c(OCc3ccccc3)n1)C[C@H]1[C@H](O)[C@H]3OC(c4ccccc4)OC[C@H]3O[C@H]1N2. The predicted octanol–water partition coefficient (Wildman–Crippen LogP) is 2.42. The fraction of sp³-hybridized carbons (Fsp3) is 0.360. The van der Waals surface area contributed by atoms with Gasteiger partial charge in [-0.05, 0) is 12.0 Å². The number of nitrogens with two attached hydrogens (primary N) is 1. The zero-order valence-electron chi connectivity index (χ0n) is 18.4. The zero-order chi connectivity index (χ0) is 23.1. The van der Waals surface area contributed by atoms with Crippen LogP contribution in [0.15, 0.2) is 60.7 Å². The molecule has 4 N–H and O–H groups in total. The van der Waals surface area contributed by atoms with Crippen LogP contribution in [0.1, 0.15) is 23.0 Å². The molecule has 0 radical (unpaired) electrons. The first-order chi connectivity index (χ1) is 16.7. The van der Waals surface area contributed by atoms with Crippen molar-refractivity contribution in [2.24, 2.45) is 5.92 Å². The molecular weight excluding hydrogens is 436 g/mol. The van der Waals surface area contributed by atoms with Gasteiger partial charge in [-0.3, -0.25) is 0 Å². The summed E-state index contributed by atoms with van der Waals surface area (Å²) < 4.78 is 24.3. The van der Waals surface area contributed by atoms with E-state index in [2.05, 4.69) is 15.3 Å². The van der Waals surface area contributed by atoms with Crippen molar-refractivity contribution in [2.75, 3.05) is 17.7 Å². The number of nitrogens with zero attached hydrogens (tertiary/aromatic N) is 2. The van der Waals surface area contributed by atoms with E-state index in [1.165, 1.54) is 0 Å². The highest BCUT2D eigenvalue weighted by molar-refractivity contribution is 5.55. The highest BCUT2D eigenvalue weighted by atomic mass is 16.7. The summed E-state index contributed by atoms with van der Waals surface area (Å²) >= 11 is 0. The summed E-state index contributed by atoms with van der Waals surface area (Å²) in [5.74, 6) is 0.788. The zero-order valence-corrected chi connectivity index (χ0v) is 18.4. The largest absolute Gasteiger partial charge is 0.472 e. The van der Waals surface area contributed by atoms with Gasteiger partial charge < -0.3 is 35.1 Å². The van der Waals surface area contributed by atoms with Gasteiger partial charge in [0.05, 0.1) is 18.3 Å². The van der Waals surface area contributed by atoms with E-state index in [-0.39, 0.29) is 11.9 Å². The van der Waals surface area contributed by atoms with Crippen molar-refractivity contribution < 1.29 is 24.1 Å². The summed E-state index contributed by atoms with van der Waals surface area (Å²) in [6.45, 7) is 0.664. The summed E-state index contributed by atoms with van der Waals surface area (Å²) in [4.78, 5) is 8.68. The minimum atomic E-state index is -0.779. The fourth-order valence-corrected chi connectivity index (χ4v) is 4.83. The van der Waals surface area contributed by atoms with Crippen LogP contribution in [0.5, 0.6) is 5.88 Å². The lowest BCUT2D eigenvalue weighted by molar-refractivity contribution is -0.319. The number of hydrogen-bond donors (Lipinski definition) is 3. The summed E-state index contributed by atoms with van der Waals surface area (Å²) in [6.07, 6.45) is -2.25. The Hall–Kier alpha value is -3.24. The average Bonchev–Trinajstić information content (AvgIpc) is 2.87. The number of fused-ring (bicyclic) bond motifs is 3. The highest BCUT2D eigenvalue weighted by Crippen LogP contribution is 2.42. The van der Waals surface area contributed by atoms with Gasteiger partial charge in [0, 0.05) is 11.5 Å². The van der Waals surface area contributed by atoms with Gasteiger partial charge in [-0.15, -0.1) is 0 Å². The molecule has 1 aromatic heterocycles. The van der Waals surface area contributed by atoms with E-state index in [4.69, 9.17) is 24.7 Å². The molecule has 9 nitrogen and oxygen atoms in total. The van der Waals surface area contributed by atoms with Crippen LogP contribution in [0.3, 0.4) is 0 Å². The maximum atomic E-state index is 11.3. The molecule has 6 atom stereocenters. The van der Waals surface area contributed by atoms with Crippen molar-refractivity contribution in [3.8, 4) is 5.88 Å². The second-order valence-electron chi connectivity index (χ2n) is 8.76. The lowest BCUT2D eigenvalue weighted by Gasteiger charge is -2.49. The molecule has 3 aromatic rings. The van der Waals surface area contributed by atoms with Gasteiger partial charge in [-0.25, -0.2) is 0 Å². The number of rotatable bonds is 4. The minimum absolute atomic E-state index is 0.108. The molecule has 176 valence electrons. The molecule has 34 heavy (non-hydrogen) atoms. The van der Waals surface area contributed by atoms with Crippen LogP contribution in [0.2, 0.25) is 0 Å². The molecule has 4 heterocycles. The Morgan fingerprint density at radius 1 is 1.03 bits per heavy atom. The highest BCUT2D eigenvalue weighted by Gasteiger charge is 2.51. The van der Waals surface area contributed by atoms with Crippen LogP contribution in [0.4, 0.5) is 11.8 Å². The summed E-state index contributed by atoms with van der Waals surface area (Å²) in [5, 5.41) is 14.6. The Balaban J connectivity index is 1.23. The quantitative estimate of drug-likeness (QED) is 0.537. The smallest absolute Gasteiger partial charge is 0.225 e. The second kappa shape index (κ2) is 8.84. The topological polar surface area (TPSA) is 121 Å². The summed E-state index contributed by atoms with van der Waals surface area (Å²) in [7, 11) is 0. The van der Waals surface area contributed by atoms with Gasteiger partial charge in [-0.1, -0.05) is 60.7 Å². The Bertz CT molecular complexity index is 1150. The third-order valence-electron chi connectivity index (χ3n) is 6.54. The van der Waals surface area contributed by atoms with Crippen LogP contribution in [-0.2, 0) is 27.2 Å². The number of benzene rings is 2. The van der Waals surface area contributed by atoms with E-state index in [0.717, 1.165) is 16.7 Å². The van der Waals surface area contributed by atoms with Gasteiger partial charge >= 0.3 is 0 Å². The van der Waals surface area contributed by atoms with E-state index < -0.39 is 30.8 Å². The first-order valence-corrected chi connectivity index (χ1v) is 11.4. The number of aliphatic hydroxyl groups is 1. The number of hydrogen-bond acceptors (Lipinski definition) is 9. The molecule has 1 unspecified atom stereocenters. The molecule has 0 amide bonds. The molecule has 0 aliphatic carbocycles. The van der Waals surface area contributed by atoms with Crippen molar-refractivity contribution >= 4 is 11.8 Å². The fourth-order valence-electron chi connectivity index (χ4n) is 4.83. The lowest BCUT2D eigenvalue weighted by Crippen LogP contribution is -2.62. The van der Waals surface area contributed by atoms with Crippen LogP contribution >= 0.6 is 0 Å². The maximum Gasteiger partial charge on any atom is 0.225 e. The molecule has 0 spiro atoms. The number of nitrogen functional groups attached to an aromatic ring is 1. The summed E-state index contributed by atoms with van der Waals surface area (Å²) in [6, 6.07) is 19.5. The van der Waals surface area contributed by atoms with E-state index in [1.807, 2.05) is 60.7 Å². The monoisotopic (exact) mass is 462 g/mol. The number of aromatic nitrogens is 2. The molecular formula is C25H26N4O5. The number of nitrogens with one attached hydrogen (secondary N) is 1. The van der Waals surface area contributed by atoms with Crippen LogP contribution < -0.4 is 15.8 Å². The van der Waals surface area contributed by atoms with Gasteiger partial charge in [0.1, 0.15) is 30.9 Å². The van der Waals surface area contributed by atoms with Crippen molar-refractivity contribution in [1.82, 2.24) is 9.97 Å². The average molecular weight is 463 g/mol. The molecule has 9 heteroatoms. The molecule has 3 aliphatic rings. The molecule has 3 aliphatic heterocycles. The van der Waals surface area contributed by atoms with Gasteiger partial charge in [-0.2, -0.15) is 9.97 Å². The van der Waals surface area contributed by atoms with Gasteiger partial charge in [0.2, 0.25) is 11.8 Å². The number of ether oxygens (including phenoxy) is 4. The van der Waals surface area contributed by atoms with E-state index in [1.54, 1.807) is 0 Å². The van der Waals surface area contributed by atoms with Gasteiger partial charge in [0.15, 0.2) is 6.29 Å². The van der Waals surface area contributed by atoms with Crippen LogP contribution in [-0.4, -0.2) is 46.2 Å². The predicted molar refractivity (Wildman–Crippen MR) is 123 cm³/mol. The normalized spacial score (nSPS) is 29.8. The van der Waals surface area contributed by atoms with Crippen molar-refractivity contribution in [1.29, 1.82) is 0 Å². The Morgan fingerprint density at radius 2 is 1.79 bits per heavy atom. The van der Waals surface area contributed by atoms with Crippen LogP contribution in [0.25, 0.3) is 0 Å². The van der Waals surface area contributed by atoms with E-state index >= 15 is 0 Å². The first-order valence-electron chi connectivity index (χ1n) is 11.4. The van der Waals surface area contributed by atoms with Crippen molar-refractivity contribution in [3.63, 3.8) is 0 Å². The molecule has 0 bridgehead atoms. The summed E-state index contributed by atoms with van der Waals surface area (Å²) in [5.41, 5.74) is 8.64. The maximum absolute atomic E-state index is 11.3. The molecule has 6 rings (SSSR count). The molecule has 2 aromatic carbocycles.